The predicted molar refractivity (Wildman–Crippen MR) is 42.1 cm³/mol. The molecule has 0 bridgehead atoms. The van der Waals surface area contributed by atoms with Gasteiger partial charge in [-0.05, 0) is 0 Å². The number of nitrogens with two attached hydrogens (primary N) is 1. The summed E-state index contributed by atoms with van der Waals surface area (Å²) in [7, 11) is -2.80. The highest BCUT2D eigenvalue weighted by Crippen LogP contribution is 2.22. The third kappa shape index (κ3) is 1.15. The van der Waals surface area contributed by atoms with Gasteiger partial charge in [-0.15, -0.1) is 5.10 Å². The van der Waals surface area contributed by atoms with Crippen LogP contribution in [-0.2, 0) is 9.84 Å². The van der Waals surface area contributed by atoms with E-state index in [1.807, 2.05) is 0 Å². The van der Waals surface area contributed by atoms with Crippen molar-refractivity contribution in [3.05, 3.63) is 6.33 Å². The van der Waals surface area contributed by atoms with Gasteiger partial charge >= 0.3 is 0 Å². The van der Waals surface area contributed by atoms with E-state index in [1.54, 1.807) is 0 Å². The quantitative estimate of drug-likeness (QED) is 0.599. The first-order valence-electron chi connectivity index (χ1n) is 3.44. The molecule has 0 aromatic carbocycles. The largest absolute Gasteiger partial charge is 0.367 e. The molecule has 6 nitrogen and oxygen atoms in total. The third-order valence-electron chi connectivity index (χ3n) is 1.79. The molecule has 1 aromatic rings. The molecule has 2 rings (SSSR count). The Morgan fingerprint density at radius 2 is 2.25 bits per heavy atom. The zero-order chi connectivity index (χ0) is 8.77. The van der Waals surface area contributed by atoms with E-state index in [4.69, 9.17) is 5.73 Å². The van der Waals surface area contributed by atoms with Gasteiger partial charge < -0.3 is 5.73 Å². The first-order valence-corrected chi connectivity index (χ1v) is 5.26. The van der Waals surface area contributed by atoms with Gasteiger partial charge in [0.15, 0.2) is 9.84 Å². The molecule has 0 aliphatic carbocycles. The van der Waals surface area contributed by atoms with Crippen LogP contribution >= 0.6 is 0 Å². The number of anilines is 1. The van der Waals surface area contributed by atoms with Crippen molar-refractivity contribution in [2.75, 3.05) is 17.2 Å². The first kappa shape index (κ1) is 7.53. The number of hydrogen-bond donors (Lipinski definition) is 1. The number of sulfone groups is 1. The van der Waals surface area contributed by atoms with Crippen LogP contribution in [0.25, 0.3) is 0 Å². The van der Waals surface area contributed by atoms with Crippen molar-refractivity contribution in [1.29, 1.82) is 0 Å². The van der Waals surface area contributed by atoms with E-state index >= 15 is 0 Å². The first-order chi connectivity index (χ1) is 5.57. The number of nitrogens with zero attached hydrogens (tertiary/aromatic N) is 3. The Bertz CT molecular complexity index is 383. The summed E-state index contributed by atoms with van der Waals surface area (Å²) in [5.74, 6) is 0.477. The molecule has 1 aliphatic rings. The van der Waals surface area contributed by atoms with Crippen LogP contribution in [0.4, 0.5) is 5.95 Å². The molecule has 2 N–H and O–H groups in total. The molecule has 0 spiro atoms. The fourth-order valence-corrected chi connectivity index (χ4v) is 2.53. The normalized spacial score (nSPS) is 22.0. The van der Waals surface area contributed by atoms with Crippen LogP contribution in [0.15, 0.2) is 6.33 Å². The lowest BCUT2D eigenvalue weighted by molar-refractivity contribution is 0.473. The van der Waals surface area contributed by atoms with Crippen LogP contribution in [0.5, 0.6) is 0 Å². The van der Waals surface area contributed by atoms with Crippen molar-refractivity contribution in [3.8, 4) is 0 Å². The van der Waals surface area contributed by atoms with Crippen molar-refractivity contribution < 1.29 is 8.42 Å². The van der Waals surface area contributed by atoms with Crippen LogP contribution in [0.1, 0.15) is 6.04 Å². The topological polar surface area (TPSA) is 90.9 Å². The van der Waals surface area contributed by atoms with Crippen molar-refractivity contribution in [3.63, 3.8) is 0 Å². The Labute approximate surface area is 69.3 Å². The van der Waals surface area contributed by atoms with Crippen LogP contribution in [0.2, 0.25) is 0 Å². The van der Waals surface area contributed by atoms with E-state index < -0.39 is 9.84 Å². The summed E-state index contributed by atoms with van der Waals surface area (Å²) in [4.78, 5) is 3.70. The van der Waals surface area contributed by atoms with Gasteiger partial charge in [-0.1, -0.05) is 0 Å². The predicted octanol–water partition coefficient (Wildman–Crippen LogP) is -1.17. The van der Waals surface area contributed by atoms with Gasteiger partial charge in [0.1, 0.15) is 6.33 Å². The molecule has 1 aliphatic heterocycles. The molecule has 7 heteroatoms. The summed E-state index contributed by atoms with van der Waals surface area (Å²) in [5.41, 5.74) is 5.27. The molecular formula is C5H8N4O2S. The van der Waals surface area contributed by atoms with E-state index in [0.717, 1.165) is 0 Å². The summed E-state index contributed by atoms with van der Waals surface area (Å²) < 4.78 is 23.1. The zero-order valence-electron chi connectivity index (χ0n) is 6.21. The molecule has 1 fully saturated rings. The van der Waals surface area contributed by atoms with E-state index in [0.29, 0.717) is 0 Å². The fraction of sp³-hybridized carbons (Fsp3) is 0.600. The lowest BCUT2D eigenvalue weighted by Gasteiger charge is -2.24. The summed E-state index contributed by atoms with van der Waals surface area (Å²) in [5, 5.41) is 3.82. The molecule has 0 saturated carbocycles. The van der Waals surface area contributed by atoms with Gasteiger partial charge in [0.25, 0.3) is 0 Å². The third-order valence-corrected chi connectivity index (χ3v) is 3.58. The molecule has 0 amide bonds. The zero-order valence-corrected chi connectivity index (χ0v) is 7.03. The Morgan fingerprint density at radius 1 is 1.58 bits per heavy atom. The van der Waals surface area contributed by atoms with Gasteiger partial charge in [-0.25, -0.2) is 18.1 Å². The van der Waals surface area contributed by atoms with Crippen molar-refractivity contribution in [2.24, 2.45) is 0 Å². The van der Waals surface area contributed by atoms with Crippen molar-refractivity contribution in [1.82, 2.24) is 14.8 Å². The molecule has 1 saturated heterocycles. The molecule has 1 aromatic heterocycles. The molecule has 12 heavy (non-hydrogen) atoms. The molecule has 66 valence electrons. The fourth-order valence-electron chi connectivity index (χ4n) is 1.15. The van der Waals surface area contributed by atoms with Gasteiger partial charge in [-0.2, -0.15) is 0 Å². The maximum atomic E-state index is 10.8. The van der Waals surface area contributed by atoms with E-state index in [-0.39, 0.29) is 23.5 Å². The number of hydrogen-bond acceptors (Lipinski definition) is 5. The average Bonchev–Trinajstić information content (AvgIpc) is 2.30. The second kappa shape index (κ2) is 2.19. The molecular weight excluding hydrogens is 180 g/mol. The Hall–Kier alpha value is -1.11. The SMILES string of the molecule is Nc1ncn(C2CS(=O)(=O)C2)n1. The number of nitrogen functional groups attached to an aromatic ring is 1. The van der Waals surface area contributed by atoms with Crippen LogP contribution in [0, 0.1) is 0 Å². The van der Waals surface area contributed by atoms with E-state index in [1.165, 1.54) is 11.0 Å². The number of rotatable bonds is 1. The highest BCUT2D eigenvalue weighted by molar-refractivity contribution is 7.92. The van der Waals surface area contributed by atoms with Gasteiger partial charge in [0, 0.05) is 0 Å². The van der Waals surface area contributed by atoms with E-state index in [2.05, 4.69) is 10.1 Å². The standard InChI is InChI=1S/C5H8N4O2S/c6-5-7-3-9(8-5)4-1-12(10,11)2-4/h3-4H,1-2H2,(H2,6,8). The van der Waals surface area contributed by atoms with Gasteiger partial charge in [0.05, 0.1) is 17.5 Å². The highest BCUT2D eigenvalue weighted by atomic mass is 32.2. The Kier molecular flexibility index (Phi) is 1.38. The smallest absolute Gasteiger partial charge is 0.239 e. The average molecular weight is 188 g/mol. The second-order valence-corrected chi connectivity index (χ2v) is 4.97. The Morgan fingerprint density at radius 3 is 2.67 bits per heavy atom. The molecule has 0 unspecified atom stereocenters. The van der Waals surface area contributed by atoms with Crippen molar-refractivity contribution >= 4 is 15.8 Å². The lowest BCUT2D eigenvalue weighted by atomic mass is 10.4. The monoisotopic (exact) mass is 188 g/mol. The maximum absolute atomic E-state index is 10.8. The van der Waals surface area contributed by atoms with Crippen LogP contribution in [0.3, 0.4) is 0 Å². The Balaban J connectivity index is 2.15. The minimum absolute atomic E-state index is 0.0696. The summed E-state index contributed by atoms with van der Waals surface area (Å²) in [6, 6.07) is -0.0696. The van der Waals surface area contributed by atoms with Gasteiger partial charge in [0.2, 0.25) is 5.95 Å². The molecule has 0 radical (unpaired) electrons. The van der Waals surface area contributed by atoms with Crippen LogP contribution < -0.4 is 5.73 Å². The molecule has 0 atom stereocenters. The number of aromatic nitrogens is 3. The molecule has 2 heterocycles. The minimum atomic E-state index is -2.80. The summed E-state index contributed by atoms with van der Waals surface area (Å²) in [6.07, 6.45) is 1.45. The highest BCUT2D eigenvalue weighted by Gasteiger charge is 2.35. The lowest BCUT2D eigenvalue weighted by Crippen LogP contribution is -2.38. The minimum Gasteiger partial charge on any atom is -0.367 e. The summed E-state index contributed by atoms with van der Waals surface area (Å²) in [6.45, 7) is 0. The van der Waals surface area contributed by atoms with Crippen molar-refractivity contribution in [2.45, 2.75) is 6.04 Å². The summed E-state index contributed by atoms with van der Waals surface area (Å²) >= 11 is 0. The van der Waals surface area contributed by atoms with Crippen LogP contribution in [-0.4, -0.2) is 34.7 Å². The van der Waals surface area contributed by atoms with E-state index in [9.17, 15) is 8.42 Å². The maximum Gasteiger partial charge on any atom is 0.239 e. The van der Waals surface area contributed by atoms with Gasteiger partial charge in [-0.3, -0.25) is 0 Å². The second-order valence-electron chi connectivity index (χ2n) is 2.81.